The highest BCUT2D eigenvalue weighted by molar-refractivity contribution is 7.99. The van der Waals surface area contributed by atoms with Crippen molar-refractivity contribution in [3.05, 3.63) is 35.9 Å². The molecule has 1 saturated heterocycles. The van der Waals surface area contributed by atoms with Crippen LogP contribution in [0.5, 0.6) is 0 Å². The predicted molar refractivity (Wildman–Crippen MR) is 81.6 cm³/mol. The molecule has 4 nitrogen and oxygen atoms in total. The number of rotatable bonds is 7. The van der Waals surface area contributed by atoms with Crippen molar-refractivity contribution in [3.63, 3.8) is 0 Å². The molecule has 1 aromatic carbocycles. The molecule has 108 valence electrons. The number of nitrogens with one attached hydrogen (secondary N) is 2. The van der Waals surface area contributed by atoms with Crippen molar-refractivity contribution in [3.8, 4) is 0 Å². The predicted octanol–water partition coefficient (Wildman–Crippen LogP) is 2.64. The summed E-state index contributed by atoms with van der Waals surface area (Å²) in [4.78, 5) is 23.7. The van der Waals surface area contributed by atoms with Gasteiger partial charge in [-0.2, -0.15) is 11.8 Å². The maximum atomic E-state index is 12.2. The first-order valence-corrected chi connectivity index (χ1v) is 8.11. The Kier molecular flexibility index (Phi) is 5.06. The van der Waals surface area contributed by atoms with Gasteiger partial charge in [0.05, 0.1) is 0 Å². The van der Waals surface area contributed by atoms with E-state index in [0.717, 1.165) is 17.7 Å². The van der Waals surface area contributed by atoms with Crippen molar-refractivity contribution < 1.29 is 9.59 Å². The molecule has 1 heterocycles. The largest absolute Gasteiger partial charge is 0.322 e. The second-order valence-corrected chi connectivity index (χ2v) is 6.04. The molecule has 2 rings (SSSR count). The summed E-state index contributed by atoms with van der Waals surface area (Å²) >= 11 is 1.71. The van der Waals surface area contributed by atoms with Gasteiger partial charge in [0.25, 0.3) is 5.91 Å². The van der Waals surface area contributed by atoms with Crippen molar-refractivity contribution in [2.75, 3.05) is 11.5 Å². The zero-order valence-corrected chi connectivity index (χ0v) is 12.5. The third kappa shape index (κ3) is 3.15. The number of carbonyl (C=O) groups is 2. The van der Waals surface area contributed by atoms with E-state index in [1.165, 1.54) is 12.8 Å². The summed E-state index contributed by atoms with van der Waals surface area (Å²) in [6.07, 6.45) is 3.52. The van der Waals surface area contributed by atoms with E-state index in [1.807, 2.05) is 30.3 Å². The van der Waals surface area contributed by atoms with Crippen LogP contribution in [0.15, 0.2) is 30.3 Å². The second kappa shape index (κ2) is 6.79. The van der Waals surface area contributed by atoms with Gasteiger partial charge in [0.1, 0.15) is 0 Å². The monoisotopic (exact) mass is 292 g/mol. The van der Waals surface area contributed by atoms with E-state index in [2.05, 4.69) is 17.6 Å². The quantitative estimate of drug-likeness (QED) is 0.600. The van der Waals surface area contributed by atoms with Gasteiger partial charge in [0.2, 0.25) is 0 Å². The minimum Gasteiger partial charge on any atom is -0.319 e. The van der Waals surface area contributed by atoms with Gasteiger partial charge in [-0.25, -0.2) is 4.79 Å². The Labute approximate surface area is 123 Å². The van der Waals surface area contributed by atoms with Crippen molar-refractivity contribution in [1.29, 1.82) is 0 Å². The molecule has 1 unspecified atom stereocenters. The van der Waals surface area contributed by atoms with E-state index in [0.29, 0.717) is 5.75 Å². The fourth-order valence-corrected chi connectivity index (χ4v) is 3.51. The van der Waals surface area contributed by atoms with E-state index < -0.39 is 11.6 Å². The van der Waals surface area contributed by atoms with Gasteiger partial charge in [-0.3, -0.25) is 10.1 Å². The number of imide groups is 1. The highest BCUT2D eigenvalue weighted by Gasteiger charge is 2.47. The second-order valence-electron chi connectivity index (χ2n) is 4.94. The molecule has 1 fully saturated rings. The molecule has 0 aromatic heterocycles. The van der Waals surface area contributed by atoms with Crippen LogP contribution in [0.2, 0.25) is 0 Å². The van der Waals surface area contributed by atoms with Gasteiger partial charge in [0.15, 0.2) is 5.54 Å². The molecule has 1 atom stereocenters. The summed E-state index contributed by atoms with van der Waals surface area (Å²) in [7, 11) is 0. The van der Waals surface area contributed by atoms with Crippen molar-refractivity contribution in [2.24, 2.45) is 0 Å². The Morgan fingerprint density at radius 3 is 2.50 bits per heavy atom. The Balaban J connectivity index is 2.10. The normalized spacial score (nSPS) is 21.6. The fourth-order valence-electron chi connectivity index (χ4n) is 2.28. The molecule has 0 saturated carbocycles. The van der Waals surface area contributed by atoms with Gasteiger partial charge in [-0.05, 0) is 17.7 Å². The van der Waals surface area contributed by atoms with Crippen LogP contribution >= 0.6 is 11.8 Å². The highest BCUT2D eigenvalue weighted by atomic mass is 32.2. The summed E-state index contributed by atoms with van der Waals surface area (Å²) < 4.78 is 0. The molecular weight excluding hydrogens is 272 g/mol. The molecule has 1 aliphatic rings. The van der Waals surface area contributed by atoms with Crippen molar-refractivity contribution >= 4 is 23.7 Å². The molecule has 1 aliphatic heterocycles. The molecule has 0 bridgehead atoms. The average Bonchev–Trinajstić information content (AvgIpc) is 2.75. The molecule has 20 heavy (non-hydrogen) atoms. The Bertz CT molecular complexity index is 478. The lowest BCUT2D eigenvalue weighted by molar-refractivity contribution is -0.123. The lowest BCUT2D eigenvalue weighted by Crippen LogP contribution is -2.46. The van der Waals surface area contributed by atoms with Crippen LogP contribution in [0, 0.1) is 0 Å². The lowest BCUT2D eigenvalue weighted by atomic mass is 9.92. The average molecular weight is 292 g/mol. The maximum Gasteiger partial charge on any atom is 0.322 e. The van der Waals surface area contributed by atoms with Gasteiger partial charge in [-0.15, -0.1) is 0 Å². The van der Waals surface area contributed by atoms with Crippen LogP contribution in [0.3, 0.4) is 0 Å². The molecule has 5 heteroatoms. The number of unbranched alkanes of at least 4 members (excludes halogenated alkanes) is 2. The minimum atomic E-state index is -0.921. The van der Waals surface area contributed by atoms with Crippen LogP contribution in [0.1, 0.15) is 31.7 Å². The topological polar surface area (TPSA) is 58.2 Å². The molecular formula is C15H20N2O2S. The molecule has 2 N–H and O–H groups in total. The minimum absolute atomic E-state index is 0.253. The summed E-state index contributed by atoms with van der Waals surface area (Å²) in [6.45, 7) is 2.17. The lowest BCUT2D eigenvalue weighted by Gasteiger charge is -2.26. The summed E-state index contributed by atoms with van der Waals surface area (Å²) in [5.74, 6) is 1.32. The number of hydrogen-bond acceptors (Lipinski definition) is 3. The molecule has 0 spiro atoms. The number of thioether (sulfide) groups is 1. The number of urea groups is 1. The van der Waals surface area contributed by atoms with Gasteiger partial charge >= 0.3 is 6.03 Å². The van der Waals surface area contributed by atoms with E-state index in [1.54, 1.807) is 11.8 Å². The zero-order valence-electron chi connectivity index (χ0n) is 11.6. The number of hydrogen-bond donors (Lipinski definition) is 2. The molecule has 3 amide bonds. The number of carbonyl (C=O) groups excluding carboxylic acids is 2. The standard InChI is InChI=1S/C15H20N2O2S/c1-2-3-7-10-20-11-15(12-8-5-4-6-9-12)13(18)16-14(19)17-15/h4-6,8-9H,2-3,7,10-11H2,1H3,(H2,16,17,18,19). The summed E-state index contributed by atoms with van der Waals surface area (Å²) in [6, 6.07) is 9.04. The van der Waals surface area contributed by atoms with Crippen LogP contribution in [-0.2, 0) is 10.3 Å². The zero-order chi connectivity index (χ0) is 14.4. The van der Waals surface area contributed by atoms with Gasteiger partial charge in [-0.1, -0.05) is 50.1 Å². The molecule has 0 radical (unpaired) electrons. The van der Waals surface area contributed by atoms with Crippen LogP contribution in [0.4, 0.5) is 4.79 Å². The van der Waals surface area contributed by atoms with E-state index in [4.69, 9.17) is 0 Å². The fraction of sp³-hybridized carbons (Fsp3) is 0.467. The SMILES string of the molecule is CCCCCSCC1(c2ccccc2)NC(=O)NC1=O. The van der Waals surface area contributed by atoms with Crippen LogP contribution in [-0.4, -0.2) is 23.4 Å². The highest BCUT2D eigenvalue weighted by Crippen LogP contribution is 2.29. The van der Waals surface area contributed by atoms with Crippen molar-refractivity contribution in [2.45, 2.75) is 31.7 Å². The molecule has 0 aliphatic carbocycles. The first-order chi connectivity index (χ1) is 9.69. The smallest absolute Gasteiger partial charge is 0.319 e. The number of benzene rings is 1. The van der Waals surface area contributed by atoms with E-state index >= 15 is 0 Å². The Morgan fingerprint density at radius 2 is 1.90 bits per heavy atom. The van der Waals surface area contributed by atoms with Gasteiger partial charge < -0.3 is 5.32 Å². The Morgan fingerprint density at radius 1 is 1.15 bits per heavy atom. The number of amides is 3. The summed E-state index contributed by atoms with van der Waals surface area (Å²) in [5.41, 5.74) is -0.0822. The Hall–Kier alpha value is -1.49. The van der Waals surface area contributed by atoms with Crippen LogP contribution in [0.25, 0.3) is 0 Å². The first-order valence-electron chi connectivity index (χ1n) is 6.96. The van der Waals surface area contributed by atoms with Gasteiger partial charge in [0, 0.05) is 5.75 Å². The third-order valence-corrected chi connectivity index (χ3v) is 4.63. The van der Waals surface area contributed by atoms with E-state index in [9.17, 15) is 9.59 Å². The first kappa shape index (κ1) is 14.9. The van der Waals surface area contributed by atoms with Crippen LogP contribution < -0.4 is 10.6 Å². The molecule has 1 aromatic rings. The maximum absolute atomic E-state index is 12.2. The van der Waals surface area contributed by atoms with E-state index in [-0.39, 0.29) is 5.91 Å². The van der Waals surface area contributed by atoms with Crippen molar-refractivity contribution in [1.82, 2.24) is 10.6 Å². The summed E-state index contributed by atoms with van der Waals surface area (Å²) in [5, 5.41) is 5.16. The third-order valence-electron chi connectivity index (χ3n) is 3.42.